The van der Waals surface area contributed by atoms with E-state index in [1.807, 2.05) is 6.92 Å². The molecule has 0 aromatic heterocycles. The third-order valence-corrected chi connectivity index (χ3v) is 6.66. The van der Waals surface area contributed by atoms with Crippen LogP contribution >= 0.6 is 0 Å². The van der Waals surface area contributed by atoms with Crippen LogP contribution in [0, 0.1) is 0 Å². The highest BCUT2D eigenvalue weighted by atomic mass is 16.2. The molecule has 1 aliphatic carbocycles. The van der Waals surface area contributed by atoms with E-state index in [1.165, 1.54) is 40.9 Å². The molecule has 4 rings (SSSR count). The maximum absolute atomic E-state index is 12.4. The molecule has 32 heavy (non-hydrogen) atoms. The van der Waals surface area contributed by atoms with E-state index in [0.717, 1.165) is 32.1 Å². The van der Waals surface area contributed by atoms with E-state index in [0.29, 0.717) is 24.1 Å². The number of unbranched alkanes of at least 4 members (excludes halogenated alkanes) is 3. The van der Waals surface area contributed by atoms with Crippen LogP contribution in [-0.4, -0.2) is 29.2 Å². The van der Waals surface area contributed by atoms with Gasteiger partial charge in [-0.3, -0.25) is 19.3 Å². The van der Waals surface area contributed by atoms with Gasteiger partial charge in [-0.15, -0.1) is 0 Å². The van der Waals surface area contributed by atoms with Gasteiger partial charge in [-0.25, -0.2) is 0 Å². The number of hydrogen-bond acceptors (Lipinski definition) is 3. The van der Waals surface area contributed by atoms with Crippen LogP contribution in [0.25, 0.3) is 0 Å². The molecule has 0 saturated carbocycles. The van der Waals surface area contributed by atoms with Crippen molar-refractivity contribution >= 4 is 17.7 Å². The lowest BCUT2D eigenvalue weighted by Crippen LogP contribution is -2.30. The van der Waals surface area contributed by atoms with E-state index in [4.69, 9.17) is 0 Å². The molecule has 1 N–H and O–H groups in total. The average molecular weight is 433 g/mol. The highest BCUT2D eigenvalue weighted by molar-refractivity contribution is 6.21. The normalized spacial score (nSPS) is 16.0. The van der Waals surface area contributed by atoms with Gasteiger partial charge in [0, 0.05) is 13.0 Å². The summed E-state index contributed by atoms with van der Waals surface area (Å²) < 4.78 is 0. The first kappa shape index (κ1) is 22.3. The van der Waals surface area contributed by atoms with Gasteiger partial charge >= 0.3 is 0 Å². The monoisotopic (exact) mass is 432 g/mol. The molecule has 0 saturated heterocycles. The lowest BCUT2D eigenvalue weighted by molar-refractivity contribution is -0.121. The van der Waals surface area contributed by atoms with Crippen molar-refractivity contribution in [2.24, 2.45) is 0 Å². The minimum atomic E-state index is -0.193. The van der Waals surface area contributed by atoms with Gasteiger partial charge in [0.15, 0.2) is 0 Å². The number of aryl methyl sites for hydroxylation is 2. The molecule has 1 heterocycles. The first-order valence-electron chi connectivity index (χ1n) is 11.9. The number of carbonyl (C=O) groups excluding carboxylic acids is 3. The van der Waals surface area contributed by atoms with Crippen LogP contribution in [0.5, 0.6) is 0 Å². The number of rotatable bonds is 9. The number of nitrogens with zero attached hydrogens (tertiary/aromatic N) is 1. The Bertz CT molecular complexity index is 979. The van der Waals surface area contributed by atoms with E-state index >= 15 is 0 Å². The Hall–Kier alpha value is -2.95. The fourth-order valence-corrected chi connectivity index (χ4v) is 4.77. The SMILES string of the molecule is C[C@@H](NC(=O)CCCCCCN1C(=O)c2ccccc2C1=O)c1ccc2c(c1)CCCC2. The number of benzene rings is 2. The standard InChI is InChI=1S/C27H32N2O3/c1-19(21-16-15-20-10-5-6-11-22(20)18-21)28-25(30)14-4-2-3-9-17-29-26(31)23-12-7-8-13-24(23)27(29)32/h7-8,12-13,15-16,18-19H,2-6,9-11,14,17H2,1H3,(H,28,30)/t19-/m1/s1. The van der Waals surface area contributed by atoms with Crippen molar-refractivity contribution in [1.82, 2.24) is 10.2 Å². The van der Waals surface area contributed by atoms with Crippen LogP contribution in [0.15, 0.2) is 42.5 Å². The lowest BCUT2D eigenvalue weighted by Gasteiger charge is -2.20. The number of nitrogens with one attached hydrogen (secondary N) is 1. The van der Waals surface area contributed by atoms with Gasteiger partial charge in [-0.2, -0.15) is 0 Å². The average Bonchev–Trinajstić information content (AvgIpc) is 3.05. The number of carbonyl (C=O) groups is 3. The molecule has 0 fully saturated rings. The molecule has 1 atom stereocenters. The molecule has 5 nitrogen and oxygen atoms in total. The van der Waals surface area contributed by atoms with Crippen LogP contribution in [0.2, 0.25) is 0 Å². The molecule has 0 radical (unpaired) electrons. The Kier molecular flexibility index (Phi) is 7.03. The first-order valence-corrected chi connectivity index (χ1v) is 11.9. The highest BCUT2D eigenvalue weighted by Gasteiger charge is 2.34. The maximum atomic E-state index is 12.4. The number of hydrogen-bond donors (Lipinski definition) is 1. The maximum Gasteiger partial charge on any atom is 0.261 e. The highest BCUT2D eigenvalue weighted by Crippen LogP contribution is 2.25. The topological polar surface area (TPSA) is 66.5 Å². The summed E-state index contributed by atoms with van der Waals surface area (Å²) in [6, 6.07) is 13.6. The van der Waals surface area contributed by atoms with Gasteiger partial charge in [0.1, 0.15) is 0 Å². The zero-order valence-corrected chi connectivity index (χ0v) is 18.9. The molecule has 1 aliphatic heterocycles. The van der Waals surface area contributed by atoms with Crippen LogP contribution < -0.4 is 5.32 Å². The zero-order valence-electron chi connectivity index (χ0n) is 18.9. The largest absolute Gasteiger partial charge is 0.350 e. The minimum Gasteiger partial charge on any atom is -0.350 e. The summed E-state index contributed by atoms with van der Waals surface area (Å²) in [6.07, 6.45) is 8.71. The Morgan fingerprint density at radius 1 is 0.906 bits per heavy atom. The first-order chi connectivity index (χ1) is 15.5. The van der Waals surface area contributed by atoms with E-state index < -0.39 is 0 Å². The Morgan fingerprint density at radius 3 is 2.28 bits per heavy atom. The number of imide groups is 1. The summed E-state index contributed by atoms with van der Waals surface area (Å²) in [5.74, 6) is -0.308. The summed E-state index contributed by atoms with van der Waals surface area (Å²) in [4.78, 5) is 38.4. The summed E-state index contributed by atoms with van der Waals surface area (Å²) in [7, 11) is 0. The van der Waals surface area contributed by atoms with Gasteiger partial charge in [0.05, 0.1) is 17.2 Å². The summed E-state index contributed by atoms with van der Waals surface area (Å²) in [6.45, 7) is 2.48. The third-order valence-electron chi connectivity index (χ3n) is 6.66. The van der Waals surface area contributed by atoms with Crippen LogP contribution in [-0.2, 0) is 17.6 Å². The summed E-state index contributed by atoms with van der Waals surface area (Å²) >= 11 is 0. The van der Waals surface area contributed by atoms with Crippen molar-refractivity contribution in [3.63, 3.8) is 0 Å². The lowest BCUT2D eigenvalue weighted by atomic mass is 9.89. The number of amides is 3. The van der Waals surface area contributed by atoms with Crippen molar-refractivity contribution in [3.8, 4) is 0 Å². The second-order valence-corrected chi connectivity index (χ2v) is 9.00. The molecule has 168 valence electrons. The summed E-state index contributed by atoms with van der Waals surface area (Å²) in [5, 5.41) is 3.12. The minimum absolute atomic E-state index is 0.0172. The summed E-state index contributed by atoms with van der Waals surface area (Å²) in [5.41, 5.74) is 5.08. The van der Waals surface area contributed by atoms with E-state index in [2.05, 4.69) is 23.5 Å². The Labute approximate surface area is 190 Å². The molecule has 0 bridgehead atoms. The Balaban J connectivity index is 1.14. The predicted octanol–water partition coefficient (Wildman–Crippen LogP) is 4.99. The van der Waals surface area contributed by atoms with Gasteiger partial charge in [0.2, 0.25) is 5.91 Å². The molecule has 0 unspecified atom stereocenters. The third kappa shape index (κ3) is 4.93. The molecular weight excluding hydrogens is 400 g/mol. The van der Waals surface area contributed by atoms with Crippen molar-refractivity contribution in [3.05, 3.63) is 70.3 Å². The molecule has 0 spiro atoms. The molecule has 2 aliphatic rings. The van der Waals surface area contributed by atoms with Crippen LogP contribution in [0.3, 0.4) is 0 Å². The van der Waals surface area contributed by atoms with E-state index in [1.54, 1.807) is 24.3 Å². The van der Waals surface area contributed by atoms with Gasteiger partial charge in [-0.05, 0) is 74.3 Å². The van der Waals surface area contributed by atoms with Crippen LogP contribution in [0.1, 0.15) is 95.3 Å². The zero-order chi connectivity index (χ0) is 22.5. The van der Waals surface area contributed by atoms with Gasteiger partial charge in [-0.1, -0.05) is 43.2 Å². The van der Waals surface area contributed by atoms with Gasteiger partial charge in [0.25, 0.3) is 11.8 Å². The molecule has 2 aromatic carbocycles. The fourth-order valence-electron chi connectivity index (χ4n) is 4.77. The van der Waals surface area contributed by atoms with Crippen molar-refractivity contribution in [1.29, 1.82) is 0 Å². The van der Waals surface area contributed by atoms with E-state index in [-0.39, 0.29) is 23.8 Å². The second kappa shape index (κ2) is 10.1. The fraction of sp³-hybridized carbons (Fsp3) is 0.444. The smallest absolute Gasteiger partial charge is 0.261 e. The second-order valence-electron chi connectivity index (χ2n) is 9.00. The van der Waals surface area contributed by atoms with Crippen LogP contribution in [0.4, 0.5) is 0 Å². The van der Waals surface area contributed by atoms with E-state index in [9.17, 15) is 14.4 Å². The molecular formula is C27H32N2O3. The molecule has 3 amide bonds. The molecule has 2 aromatic rings. The van der Waals surface area contributed by atoms with Crippen molar-refractivity contribution in [2.45, 2.75) is 70.8 Å². The molecule has 5 heteroatoms. The van der Waals surface area contributed by atoms with Gasteiger partial charge < -0.3 is 5.32 Å². The number of fused-ring (bicyclic) bond motifs is 2. The van der Waals surface area contributed by atoms with Crippen molar-refractivity contribution < 1.29 is 14.4 Å². The quantitative estimate of drug-likeness (QED) is 0.448. The Morgan fingerprint density at radius 2 is 1.56 bits per heavy atom. The van der Waals surface area contributed by atoms with Crippen molar-refractivity contribution in [2.75, 3.05) is 6.54 Å². The predicted molar refractivity (Wildman–Crippen MR) is 125 cm³/mol.